The highest BCUT2D eigenvalue weighted by molar-refractivity contribution is 5.69. The lowest BCUT2D eigenvalue weighted by Crippen LogP contribution is -2.46. The summed E-state index contributed by atoms with van der Waals surface area (Å²) < 4.78 is 0. The standard InChI is InChI=1S/C13H20N2/c1-3-4-11-8-15(9-11)13-6-5-10(2)7-12(13)14/h5-7,11H,3-4,8-9,14H2,1-2H3. The van der Waals surface area contributed by atoms with E-state index in [9.17, 15) is 0 Å². The van der Waals surface area contributed by atoms with E-state index in [-0.39, 0.29) is 0 Å². The highest BCUT2D eigenvalue weighted by atomic mass is 15.2. The zero-order valence-corrected chi connectivity index (χ0v) is 9.66. The maximum Gasteiger partial charge on any atom is 0.0600 e. The third kappa shape index (κ3) is 2.09. The molecule has 2 nitrogen and oxygen atoms in total. The lowest BCUT2D eigenvalue weighted by molar-refractivity contribution is 0.381. The molecule has 0 amide bonds. The number of anilines is 2. The van der Waals surface area contributed by atoms with Gasteiger partial charge in [-0.05, 0) is 37.0 Å². The number of benzene rings is 1. The number of aryl methyl sites for hydroxylation is 1. The molecule has 1 aliphatic rings. The van der Waals surface area contributed by atoms with E-state index in [4.69, 9.17) is 5.73 Å². The molecule has 2 heteroatoms. The third-order valence-electron chi connectivity index (χ3n) is 3.18. The predicted octanol–water partition coefficient (Wildman–Crippen LogP) is 2.81. The van der Waals surface area contributed by atoms with Crippen molar-refractivity contribution in [1.29, 1.82) is 0 Å². The summed E-state index contributed by atoms with van der Waals surface area (Å²) in [6, 6.07) is 6.34. The minimum absolute atomic E-state index is 0.885. The van der Waals surface area contributed by atoms with Crippen molar-refractivity contribution in [2.45, 2.75) is 26.7 Å². The Hall–Kier alpha value is -1.18. The van der Waals surface area contributed by atoms with Gasteiger partial charge in [-0.15, -0.1) is 0 Å². The zero-order chi connectivity index (χ0) is 10.8. The van der Waals surface area contributed by atoms with E-state index in [2.05, 4.69) is 36.9 Å². The summed E-state index contributed by atoms with van der Waals surface area (Å²) in [5, 5.41) is 0. The van der Waals surface area contributed by atoms with Gasteiger partial charge in [0.2, 0.25) is 0 Å². The first-order valence-corrected chi connectivity index (χ1v) is 5.81. The molecule has 2 N–H and O–H groups in total. The van der Waals surface area contributed by atoms with Gasteiger partial charge in [0, 0.05) is 13.1 Å². The third-order valence-corrected chi connectivity index (χ3v) is 3.18. The molecule has 1 heterocycles. The maximum absolute atomic E-state index is 6.01. The first kappa shape index (κ1) is 10.3. The van der Waals surface area contributed by atoms with E-state index in [1.54, 1.807) is 0 Å². The van der Waals surface area contributed by atoms with Gasteiger partial charge < -0.3 is 10.6 Å². The van der Waals surface area contributed by atoms with Gasteiger partial charge in [0.05, 0.1) is 11.4 Å². The minimum atomic E-state index is 0.885. The second-order valence-corrected chi connectivity index (χ2v) is 4.62. The molecule has 0 saturated carbocycles. The van der Waals surface area contributed by atoms with Crippen LogP contribution in [0.4, 0.5) is 11.4 Å². The first-order valence-electron chi connectivity index (χ1n) is 5.81. The summed E-state index contributed by atoms with van der Waals surface area (Å²) in [4.78, 5) is 2.38. The second-order valence-electron chi connectivity index (χ2n) is 4.62. The van der Waals surface area contributed by atoms with Crippen LogP contribution in [0.3, 0.4) is 0 Å². The molecule has 15 heavy (non-hydrogen) atoms. The Balaban J connectivity index is 2.01. The largest absolute Gasteiger partial charge is 0.397 e. The molecule has 1 aromatic carbocycles. The summed E-state index contributed by atoms with van der Waals surface area (Å²) in [6.45, 7) is 6.70. The van der Waals surface area contributed by atoms with E-state index < -0.39 is 0 Å². The van der Waals surface area contributed by atoms with E-state index in [1.165, 1.54) is 37.2 Å². The van der Waals surface area contributed by atoms with Crippen molar-refractivity contribution in [3.63, 3.8) is 0 Å². The fourth-order valence-corrected chi connectivity index (χ4v) is 2.32. The summed E-state index contributed by atoms with van der Waals surface area (Å²) >= 11 is 0. The van der Waals surface area contributed by atoms with Crippen LogP contribution in [0.5, 0.6) is 0 Å². The van der Waals surface area contributed by atoms with Gasteiger partial charge in [-0.1, -0.05) is 19.4 Å². The van der Waals surface area contributed by atoms with Crippen LogP contribution in [-0.2, 0) is 0 Å². The Morgan fingerprint density at radius 3 is 2.73 bits per heavy atom. The van der Waals surface area contributed by atoms with E-state index >= 15 is 0 Å². The number of nitrogen functional groups attached to an aromatic ring is 1. The van der Waals surface area contributed by atoms with Crippen molar-refractivity contribution in [1.82, 2.24) is 0 Å². The van der Waals surface area contributed by atoms with Crippen molar-refractivity contribution in [2.24, 2.45) is 5.92 Å². The molecule has 2 rings (SSSR count). The molecule has 82 valence electrons. The molecule has 1 fully saturated rings. The lowest BCUT2D eigenvalue weighted by atomic mass is 9.94. The fraction of sp³-hybridized carbons (Fsp3) is 0.538. The van der Waals surface area contributed by atoms with Gasteiger partial charge >= 0.3 is 0 Å². The van der Waals surface area contributed by atoms with Crippen LogP contribution < -0.4 is 10.6 Å². The Bertz CT molecular complexity index is 340. The number of hydrogen-bond donors (Lipinski definition) is 1. The van der Waals surface area contributed by atoms with Gasteiger partial charge in [0.25, 0.3) is 0 Å². The zero-order valence-electron chi connectivity index (χ0n) is 9.66. The van der Waals surface area contributed by atoms with Gasteiger partial charge in [-0.3, -0.25) is 0 Å². The number of nitrogens with zero attached hydrogens (tertiary/aromatic N) is 1. The molecular formula is C13H20N2. The van der Waals surface area contributed by atoms with E-state index in [0.29, 0.717) is 0 Å². The van der Waals surface area contributed by atoms with Gasteiger partial charge in [0.1, 0.15) is 0 Å². The molecule has 1 aliphatic heterocycles. The van der Waals surface area contributed by atoms with Crippen LogP contribution in [0.15, 0.2) is 18.2 Å². The minimum Gasteiger partial charge on any atom is -0.397 e. The average molecular weight is 204 g/mol. The monoisotopic (exact) mass is 204 g/mol. The Labute approximate surface area is 92.1 Å². The van der Waals surface area contributed by atoms with Gasteiger partial charge in [-0.2, -0.15) is 0 Å². The van der Waals surface area contributed by atoms with Gasteiger partial charge in [-0.25, -0.2) is 0 Å². The van der Waals surface area contributed by atoms with Crippen molar-refractivity contribution >= 4 is 11.4 Å². The van der Waals surface area contributed by atoms with Crippen LogP contribution in [-0.4, -0.2) is 13.1 Å². The van der Waals surface area contributed by atoms with Crippen LogP contribution in [0, 0.1) is 12.8 Å². The number of rotatable bonds is 3. The molecule has 0 spiro atoms. The van der Waals surface area contributed by atoms with E-state index in [0.717, 1.165) is 11.6 Å². The van der Waals surface area contributed by atoms with Crippen LogP contribution in [0.25, 0.3) is 0 Å². The fourth-order valence-electron chi connectivity index (χ4n) is 2.32. The summed E-state index contributed by atoms with van der Waals surface area (Å²) in [5.74, 6) is 0.885. The average Bonchev–Trinajstić information content (AvgIpc) is 2.12. The topological polar surface area (TPSA) is 29.3 Å². The van der Waals surface area contributed by atoms with Crippen molar-refractivity contribution < 1.29 is 0 Å². The summed E-state index contributed by atoms with van der Waals surface area (Å²) in [7, 11) is 0. The number of nitrogens with two attached hydrogens (primary N) is 1. The molecule has 0 aromatic heterocycles. The molecule has 0 unspecified atom stereocenters. The molecular weight excluding hydrogens is 184 g/mol. The van der Waals surface area contributed by atoms with Crippen LogP contribution in [0.1, 0.15) is 25.3 Å². The Morgan fingerprint density at radius 1 is 1.40 bits per heavy atom. The maximum atomic E-state index is 6.01. The predicted molar refractivity (Wildman–Crippen MR) is 66.2 cm³/mol. The highest BCUT2D eigenvalue weighted by Crippen LogP contribution is 2.31. The smallest absolute Gasteiger partial charge is 0.0600 e. The van der Waals surface area contributed by atoms with Crippen LogP contribution in [0.2, 0.25) is 0 Å². The number of hydrogen-bond acceptors (Lipinski definition) is 2. The molecule has 1 aromatic rings. The first-order chi connectivity index (χ1) is 7.20. The summed E-state index contributed by atoms with van der Waals surface area (Å²) in [6.07, 6.45) is 2.64. The lowest BCUT2D eigenvalue weighted by Gasteiger charge is -2.41. The molecule has 0 radical (unpaired) electrons. The highest BCUT2D eigenvalue weighted by Gasteiger charge is 2.26. The Morgan fingerprint density at radius 2 is 2.13 bits per heavy atom. The van der Waals surface area contributed by atoms with Crippen molar-refractivity contribution in [2.75, 3.05) is 23.7 Å². The van der Waals surface area contributed by atoms with Gasteiger partial charge in [0.15, 0.2) is 0 Å². The molecule has 0 aliphatic carbocycles. The normalized spacial score (nSPS) is 16.5. The quantitative estimate of drug-likeness (QED) is 0.767. The van der Waals surface area contributed by atoms with Crippen molar-refractivity contribution in [3.05, 3.63) is 23.8 Å². The van der Waals surface area contributed by atoms with E-state index in [1.807, 2.05) is 0 Å². The molecule has 0 atom stereocenters. The van der Waals surface area contributed by atoms with Crippen molar-refractivity contribution in [3.8, 4) is 0 Å². The Kier molecular flexibility index (Phi) is 2.85. The second kappa shape index (κ2) is 4.13. The van der Waals surface area contributed by atoms with Crippen LogP contribution >= 0.6 is 0 Å². The molecule has 0 bridgehead atoms. The summed E-state index contributed by atoms with van der Waals surface area (Å²) in [5.41, 5.74) is 9.38. The molecule has 1 saturated heterocycles. The SMILES string of the molecule is CCCC1CN(c2ccc(C)cc2N)C1.